The van der Waals surface area contributed by atoms with Crippen molar-refractivity contribution in [2.75, 3.05) is 43.9 Å². The van der Waals surface area contributed by atoms with E-state index in [2.05, 4.69) is 30.7 Å². The minimum atomic E-state index is 0.00663. The van der Waals surface area contributed by atoms with E-state index in [1.807, 2.05) is 29.2 Å². The summed E-state index contributed by atoms with van der Waals surface area (Å²) in [5.74, 6) is 2.20. The Kier molecular flexibility index (Phi) is 6.81. The molecule has 2 aromatic heterocycles. The zero-order valence-electron chi connectivity index (χ0n) is 20.4. The number of para-hydroxylation sites is 1. The van der Waals surface area contributed by atoms with E-state index in [9.17, 15) is 9.59 Å². The van der Waals surface area contributed by atoms with Gasteiger partial charge in [-0.2, -0.15) is 4.98 Å². The number of ether oxygens (including phenoxy) is 1. The first-order valence-corrected chi connectivity index (χ1v) is 12.0. The Morgan fingerprint density at radius 3 is 2.69 bits per heavy atom. The summed E-state index contributed by atoms with van der Waals surface area (Å²) in [6, 6.07) is 9.22. The number of hydrogen-bond donors (Lipinski definition) is 2. The number of nitrogens with zero attached hydrogens (tertiary/aromatic N) is 5. The standard InChI is InChI=1S/C25H29N7O4/c1-16(33)32-12-10-31(11-13-32)15-22-29-25(36-30-22)19-4-3-5-20(23(19)35-2)27-18-8-9-26-21(14-18)28-24(34)17-6-7-17/h3-5,8-9,14,17H,6-7,10-13,15H2,1-2H3,(H2,26,27,28,34). The predicted octanol–water partition coefficient (Wildman–Crippen LogP) is 2.90. The molecule has 0 bridgehead atoms. The fourth-order valence-corrected chi connectivity index (χ4v) is 4.18. The predicted molar refractivity (Wildman–Crippen MR) is 133 cm³/mol. The van der Waals surface area contributed by atoms with E-state index >= 15 is 0 Å². The molecule has 1 aliphatic carbocycles. The van der Waals surface area contributed by atoms with Crippen molar-refractivity contribution < 1.29 is 18.8 Å². The van der Waals surface area contributed by atoms with Crippen LogP contribution in [0.4, 0.5) is 17.2 Å². The first-order valence-electron chi connectivity index (χ1n) is 12.0. The number of benzene rings is 1. The van der Waals surface area contributed by atoms with Gasteiger partial charge in [0.15, 0.2) is 11.6 Å². The minimum absolute atomic E-state index is 0.00663. The number of hydrogen-bond acceptors (Lipinski definition) is 9. The molecule has 188 valence electrons. The molecule has 2 amide bonds. The van der Waals surface area contributed by atoms with Crippen LogP contribution in [0.25, 0.3) is 11.5 Å². The molecule has 11 nitrogen and oxygen atoms in total. The Bertz CT molecular complexity index is 1250. The fourth-order valence-electron chi connectivity index (χ4n) is 4.18. The summed E-state index contributed by atoms with van der Waals surface area (Å²) in [6.07, 6.45) is 3.50. The number of pyridine rings is 1. The molecule has 1 saturated carbocycles. The molecular weight excluding hydrogens is 462 g/mol. The van der Waals surface area contributed by atoms with Crippen LogP contribution in [0.1, 0.15) is 25.6 Å². The van der Waals surface area contributed by atoms with Crippen molar-refractivity contribution in [2.24, 2.45) is 5.92 Å². The molecule has 0 atom stereocenters. The van der Waals surface area contributed by atoms with Crippen LogP contribution in [0.3, 0.4) is 0 Å². The van der Waals surface area contributed by atoms with Crippen LogP contribution in [0.2, 0.25) is 0 Å². The molecule has 2 aliphatic rings. The highest BCUT2D eigenvalue weighted by molar-refractivity contribution is 5.93. The summed E-state index contributed by atoms with van der Waals surface area (Å²) in [5, 5.41) is 10.3. The molecule has 1 aliphatic heterocycles. The number of piperazine rings is 1. The number of amides is 2. The Morgan fingerprint density at radius 1 is 1.17 bits per heavy atom. The maximum Gasteiger partial charge on any atom is 0.261 e. The quantitative estimate of drug-likeness (QED) is 0.489. The van der Waals surface area contributed by atoms with Crippen LogP contribution in [0.5, 0.6) is 5.75 Å². The molecule has 0 spiro atoms. The molecular formula is C25H29N7O4. The van der Waals surface area contributed by atoms with Gasteiger partial charge in [0.1, 0.15) is 5.82 Å². The van der Waals surface area contributed by atoms with Gasteiger partial charge in [-0.1, -0.05) is 11.2 Å². The molecule has 5 rings (SSSR count). The highest BCUT2D eigenvalue weighted by Gasteiger charge is 2.29. The zero-order chi connectivity index (χ0) is 25.1. The lowest BCUT2D eigenvalue weighted by molar-refractivity contribution is -0.130. The van der Waals surface area contributed by atoms with Gasteiger partial charge in [0.2, 0.25) is 11.8 Å². The van der Waals surface area contributed by atoms with Gasteiger partial charge in [-0.05, 0) is 31.0 Å². The number of carbonyl (C=O) groups excluding carboxylic acids is 2. The summed E-state index contributed by atoms with van der Waals surface area (Å²) < 4.78 is 11.3. The normalized spacial score (nSPS) is 16.0. The molecule has 3 heterocycles. The van der Waals surface area contributed by atoms with Crippen LogP contribution in [0.15, 0.2) is 41.1 Å². The second-order valence-corrected chi connectivity index (χ2v) is 9.00. The molecule has 11 heteroatoms. The average molecular weight is 492 g/mol. The summed E-state index contributed by atoms with van der Waals surface area (Å²) in [5.41, 5.74) is 2.13. The number of rotatable bonds is 8. The fraction of sp³-hybridized carbons (Fsp3) is 0.400. The first kappa shape index (κ1) is 23.7. The van der Waals surface area contributed by atoms with Gasteiger partial charge >= 0.3 is 0 Å². The minimum Gasteiger partial charge on any atom is -0.494 e. The van der Waals surface area contributed by atoms with Gasteiger partial charge in [0.05, 0.1) is 24.9 Å². The van der Waals surface area contributed by atoms with Gasteiger partial charge < -0.3 is 24.8 Å². The van der Waals surface area contributed by atoms with Gasteiger partial charge in [-0.25, -0.2) is 4.98 Å². The monoisotopic (exact) mass is 491 g/mol. The second kappa shape index (κ2) is 10.3. The third kappa shape index (κ3) is 5.46. The van der Waals surface area contributed by atoms with E-state index < -0.39 is 0 Å². The molecule has 0 radical (unpaired) electrons. The van der Waals surface area contributed by atoms with E-state index in [4.69, 9.17) is 9.26 Å². The summed E-state index contributed by atoms with van der Waals surface area (Å²) in [7, 11) is 1.59. The second-order valence-electron chi connectivity index (χ2n) is 9.00. The first-order chi connectivity index (χ1) is 17.5. The highest BCUT2D eigenvalue weighted by atomic mass is 16.5. The summed E-state index contributed by atoms with van der Waals surface area (Å²) in [6.45, 7) is 5.06. The van der Waals surface area contributed by atoms with Gasteiger partial charge in [0, 0.05) is 57.0 Å². The topological polar surface area (TPSA) is 126 Å². The van der Waals surface area contributed by atoms with Crippen LogP contribution >= 0.6 is 0 Å². The molecule has 1 saturated heterocycles. The van der Waals surface area contributed by atoms with Crippen LogP contribution in [-0.4, -0.2) is 70.0 Å². The van der Waals surface area contributed by atoms with E-state index in [0.29, 0.717) is 54.2 Å². The SMILES string of the molecule is COc1c(Nc2ccnc(NC(=O)C3CC3)c2)cccc1-c1nc(CN2CCN(C(C)=O)CC2)no1. The Hall–Kier alpha value is -3.99. The van der Waals surface area contributed by atoms with Crippen molar-refractivity contribution >= 4 is 29.0 Å². The van der Waals surface area contributed by atoms with Crippen LogP contribution < -0.4 is 15.4 Å². The third-order valence-corrected chi connectivity index (χ3v) is 6.34. The van der Waals surface area contributed by atoms with Gasteiger partial charge in [0.25, 0.3) is 5.89 Å². The van der Waals surface area contributed by atoms with Crippen molar-refractivity contribution in [1.82, 2.24) is 24.9 Å². The largest absolute Gasteiger partial charge is 0.494 e. The summed E-state index contributed by atoms with van der Waals surface area (Å²) in [4.78, 5) is 36.5. The van der Waals surface area contributed by atoms with Gasteiger partial charge in [-0.15, -0.1) is 0 Å². The number of nitrogens with one attached hydrogen (secondary N) is 2. The number of anilines is 3. The molecule has 1 aromatic carbocycles. The smallest absolute Gasteiger partial charge is 0.261 e. The highest BCUT2D eigenvalue weighted by Crippen LogP contribution is 2.37. The van der Waals surface area contributed by atoms with Crippen molar-refractivity contribution in [3.05, 3.63) is 42.4 Å². The zero-order valence-corrected chi connectivity index (χ0v) is 20.4. The Morgan fingerprint density at radius 2 is 1.97 bits per heavy atom. The Labute approximate surface area is 208 Å². The van der Waals surface area contributed by atoms with E-state index in [0.717, 1.165) is 31.6 Å². The van der Waals surface area contributed by atoms with Crippen molar-refractivity contribution in [3.8, 4) is 17.2 Å². The van der Waals surface area contributed by atoms with Crippen LogP contribution in [0, 0.1) is 5.92 Å². The molecule has 36 heavy (non-hydrogen) atoms. The lowest BCUT2D eigenvalue weighted by Gasteiger charge is -2.33. The number of aromatic nitrogens is 3. The van der Waals surface area contributed by atoms with Gasteiger partial charge in [-0.3, -0.25) is 14.5 Å². The third-order valence-electron chi connectivity index (χ3n) is 6.34. The number of carbonyl (C=O) groups is 2. The van der Waals surface area contributed by atoms with Crippen molar-refractivity contribution in [1.29, 1.82) is 0 Å². The maximum atomic E-state index is 12.1. The molecule has 0 unspecified atom stereocenters. The molecule has 3 aromatic rings. The number of methoxy groups -OCH3 is 1. The lowest BCUT2D eigenvalue weighted by atomic mass is 10.1. The maximum absolute atomic E-state index is 12.1. The molecule has 2 fully saturated rings. The van der Waals surface area contributed by atoms with E-state index in [1.165, 1.54) is 0 Å². The van der Waals surface area contributed by atoms with E-state index in [1.54, 1.807) is 26.3 Å². The van der Waals surface area contributed by atoms with Crippen molar-refractivity contribution in [2.45, 2.75) is 26.3 Å². The van der Waals surface area contributed by atoms with E-state index in [-0.39, 0.29) is 17.7 Å². The van der Waals surface area contributed by atoms with Crippen molar-refractivity contribution in [3.63, 3.8) is 0 Å². The van der Waals surface area contributed by atoms with Crippen LogP contribution in [-0.2, 0) is 16.1 Å². The lowest BCUT2D eigenvalue weighted by Crippen LogP contribution is -2.47. The Balaban J connectivity index is 1.29. The average Bonchev–Trinajstić information content (AvgIpc) is 3.64. The molecule has 2 N–H and O–H groups in total. The summed E-state index contributed by atoms with van der Waals surface area (Å²) >= 11 is 0.